The standard InChI is InChI=1S/C27H24N2O5/c1-27(2,3)26(32)34-29-21-16-19(28)14-15-20(21)22(24(29)30)23(17-10-6-4-7-11-17)33-25(31)18-12-8-5-9-13-18/h4-16H,28H2,1-3H3/b23-22-. The van der Waals surface area contributed by atoms with Crippen molar-refractivity contribution in [1.29, 1.82) is 0 Å². The average molecular weight is 456 g/mol. The molecule has 0 spiro atoms. The van der Waals surface area contributed by atoms with Crippen molar-refractivity contribution < 1.29 is 24.0 Å². The van der Waals surface area contributed by atoms with Crippen molar-refractivity contribution in [2.45, 2.75) is 20.8 Å². The number of nitrogen functional groups attached to an aromatic ring is 1. The summed E-state index contributed by atoms with van der Waals surface area (Å²) in [5.74, 6) is -1.81. The van der Waals surface area contributed by atoms with Crippen LogP contribution in [0, 0.1) is 5.41 Å². The number of carbonyl (C=O) groups excluding carboxylic acids is 3. The molecule has 1 heterocycles. The number of nitrogens with zero attached hydrogens (tertiary/aromatic N) is 1. The van der Waals surface area contributed by atoms with Gasteiger partial charge in [0, 0.05) is 16.8 Å². The lowest BCUT2D eigenvalue weighted by atomic mass is 9.98. The Bertz CT molecular complexity index is 1290. The third-order valence-corrected chi connectivity index (χ3v) is 5.16. The van der Waals surface area contributed by atoms with Gasteiger partial charge in [-0.25, -0.2) is 9.59 Å². The van der Waals surface area contributed by atoms with Gasteiger partial charge in [0.15, 0.2) is 5.76 Å². The fraction of sp³-hybridized carbons (Fsp3) is 0.148. The van der Waals surface area contributed by atoms with Crippen LogP contribution in [0.4, 0.5) is 11.4 Å². The lowest BCUT2D eigenvalue weighted by molar-refractivity contribution is -0.157. The number of anilines is 2. The first-order valence-electron chi connectivity index (χ1n) is 10.7. The fourth-order valence-electron chi connectivity index (χ4n) is 3.35. The highest BCUT2D eigenvalue weighted by Gasteiger charge is 2.41. The minimum Gasteiger partial charge on any atom is -0.421 e. The molecular weight excluding hydrogens is 432 g/mol. The highest BCUT2D eigenvalue weighted by molar-refractivity contribution is 6.37. The minimum absolute atomic E-state index is 0.0554. The summed E-state index contributed by atoms with van der Waals surface area (Å²) in [7, 11) is 0. The molecule has 3 aromatic carbocycles. The molecule has 0 aromatic heterocycles. The van der Waals surface area contributed by atoms with E-state index in [9.17, 15) is 14.4 Å². The molecule has 0 aliphatic carbocycles. The summed E-state index contributed by atoms with van der Waals surface area (Å²) in [4.78, 5) is 44.7. The number of esters is 1. The molecule has 1 amide bonds. The molecule has 172 valence electrons. The van der Waals surface area contributed by atoms with Gasteiger partial charge < -0.3 is 15.3 Å². The maximum atomic E-state index is 13.6. The summed E-state index contributed by atoms with van der Waals surface area (Å²) in [6, 6.07) is 22.1. The Morgan fingerprint density at radius 1 is 0.853 bits per heavy atom. The van der Waals surface area contributed by atoms with Gasteiger partial charge in [-0.2, -0.15) is 0 Å². The van der Waals surface area contributed by atoms with E-state index in [-0.39, 0.29) is 11.3 Å². The van der Waals surface area contributed by atoms with Crippen LogP contribution >= 0.6 is 0 Å². The van der Waals surface area contributed by atoms with Crippen LogP contribution in [0.1, 0.15) is 42.3 Å². The maximum absolute atomic E-state index is 13.6. The topological polar surface area (TPSA) is 98.9 Å². The molecule has 0 saturated carbocycles. The molecule has 3 aromatic rings. The van der Waals surface area contributed by atoms with E-state index in [0.29, 0.717) is 28.1 Å². The number of fused-ring (bicyclic) bond motifs is 1. The molecule has 34 heavy (non-hydrogen) atoms. The van der Waals surface area contributed by atoms with E-state index in [4.69, 9.17) is 15.3 Å². The average Bonchev–Trinajstić information content (AvgIpc) is 3.08. The van der Waals surface area contributed by atoms with E-state index in [0.717, 1.165) is 5.06 Å². The van der Waals surface area contributed by atoms with Crippen LogP contribution in [0.15, 0.2) is 78.9 Å². The Balaban J connectivity index is 1.88. The quantitative estimate of drug-likeness (QED) is 0.261. The van der Waals surface area contributed by atoms with Crippen LogP contribution in [0.3, 0.4) is 0 Å². The normalized spacial score (nSPS) is 14.4. The van der Waals surface area contributed by atoms with E-state index in [1.807, 2.05) is 6.07 Å². The third kappa shape index (κ3) is 4.41. The monoisotopic (exact) mass is 456 g/mol. The molecule has 0 radical (unpaired) electrons. The largest absolute Gasteiger partial charge is 0.421 e. The Labute approximate surface area is 197 Å². The highest BCUT2D eigenvalue weighted by Crippen LogP contribution is 2.43. The van der Waals surface area contributed by atoms with Crippen molar-refractivity contribution in [1.82, 2.24) is 0 Å². The van der Waals surface area contributed by atoms with E-state index in [1.54, 1.807) is 87.5 Å². The van der Waals surface area contributed by atoms with E-state index in [1.165, 1.54) is 6.07 Å². The predicted octanol–water partition coefficient (Wildman–Crippen LogP) is 4.85. The molecule has 0 bridgehead atoms. The van der Waals surface area contributed by atoms with Crippen LogP contribution in [-0.2, 0) is 19.2 Å². The minimum atomic E-state index is -0.852. The summed E-state index contributed by atoms with van der Waals surface area (Å²) in [6.07, 6.45) is 0. The first-order valence-corrected chi connectivity index (χ1v) is 10.7. The van der Waals surface area contributed by atoms with Crippen LogP contribution in [0.2, 0.25) is 0 Å². The molecule has 1 aliphatic rings. The summed E-state index contributed by atoms with van der Waals surface area (Å²) in [5, 5.41) is 0.911. The zero-order valence-electron chi connectivity index (χ0n) is 19.1. The molecular formula is C27H24N2O5. The van der Waals surface area contributed by atoms with Crippen molar-refractivity contribution in [3.05, 3.63) is 95.6 Å². The van der Waals surface area contributed by atoms with E-state index >= 15 is 0 Å². The fourth-order valence-corrected chi connectivity index (χ4v) is 3.35. The van der Waals surface area contributed by atoms with Gasteiger partial charge in [-0.15, -0.1) is 5.06 Å². The zero-order chi connectivity index (χ0) is 24.5. The maximum Gasteiger partial charge on any atom is 0.343 e. The smallest absolute Gasteiger partial charge is 0.343 e. The molecule has 0 unspecified atom stereocenters. The number of hydroxylamine groups is 1. The lowest BCUT2D eigenvalue weighted by Crippen LogP contribution is -2.35. The molecule has 0 atom stereocenters. The summed E-state index contributed by atoms with van der Waals surface area (Å²) in [5.41, 5.74) is 7.15. The number of ether oxygens (including phenoxy) is 1. The van der Waals surface area contributed by atoms with Crippen LogP contribution in [0.5, 0.6) is 0 Å². The number of nitrogens with two attached hydrogens (primary N) is 1. The van der Waals surface area contributed by atoms with Crippen LogP contribution < -0.4 is 10.8 Å². The van der Waals surface area contributed by atoms with Crippen molar-refractivity contribution in [2.75, 3.05) is 10.8 Å². The van der Waals surface area contributed by atoms with Gasteiger partial charge in [0.05, 0.1) is 22.2 Å². The number of hydrogen-bond acceptors (Lipinski definition) is 6. The lowest BCUT2D eigenvalue weighted by Gasteiger charge is -2.22. The second-order valence-electron chi connectivity index (χ2n) is 8.83. The molecule has 7 nitrogen and oxygen atoms in total. The Kier molecular flexibility index (Phi) is 5.94. The summed E-state index contributed by atoms with van der Waals surface area (Å²) < 4.78 is 5.81. The van der Waals surface area contributed by atoms with E-state index < -0.39 is 23.3 Å². The summed E-state index contributed by atoms with van der Waals surface area (Å²) in [6.45, 7) is 5.05. The van der Waals surface area contributed by atoms with E-state index in [2.05, 4.69) is 0 Å². The van der Waals surface area contributed by atoms with Gasteiger partial charge in [0.25, 0.3) is 5.91 Å². The third-order valence-electron chi connectivity index (χ3n) is 5.16. The molecule has 7 heteroatoms. The number of hydrogen-bond donors (Lipinski definition) is 1. The van der Waals surface area contributed by atoms with Gasteiger partial charge in [0.1, 0.15) is 0 Å². The molecule has 4 rings (SSSR count). The van der Waals surface area contributed by atoms with Crippen molar-refractivity contribution in [3.8, 4) is 0 Å². The zero-order valence-corrected chi connectivity index (χ0v) is 19.1. The molecule has 1 aliphatic heterocycles. The molecule has 0 fully saturated rings. The first-order chi connectivity index (χ1) is 16.2. The van der Waals surface area contributed by atoms with Gasteiger partial charge in [-0.3, -0.25) is 4.79 Å². The Morgan fingerprint density at radius 2 is 1.44 bits per heavy atom. The van der Waals surface area contributed by atoms with Crippen LogP contribution in [0.25, 0.3) is 11.3 Å². The van der Waals surface area contributed by atoms with Crippen molar-refractivity contribution in [2.24, 2.45) is 5.41 Å². The SMILES string of the molecule is CC(C)(C)C(=O)ON1C(=O)/C(=C(\OC(=O)c2ccccc2)c2ccccc2)c2ccc(N)cc21. The number of benzene rings is 3. The highest BCUT2D eigenvalue weighted by atomic mass is 16.7. The molecule has 2 N–H and O–H groups in total. The van der Waals surface area contributed by atoms with Crippen molar-refractivity contribution >= 4 is 40.6 Å². The number of amides is 1. The predicted molar refractivity (Wildman–Crippen MR) is 129 cm³/mol. The first kappa shape index (κ1) is 22.8. The second kappa shape index (κ2) is 8.86. The number of rotatable bonds is 4. The van der Waals surface area contributed by atoms with Gasteiger partial charge in [-0.1, -0.05) is 48.5 Å². The Hall–Kier alpha value is -4.39. The van der Waals surface area contributed by atoms with Gasteiger partial charge in [0.2, 0.25) is 0 Å². The molecule has 0 saturated heterocycles. The van der Waals surface area contributed by atoms with Crippen molar-refractivity contribution in [3.63, 3.8) is 0 Å². The number of carbonyl (C=O) groups is 3. The van der Waals surface area contributed by atoms with Crippen LogP contribution in [-0.4, -0.2) is 17.8 Å². The Morgan fingerprint density at radius 3 is 2.03 bits per heavy atom. The second-order valence-corrected chi connectivity index (χ2v) is 8.83. The summed E-state index contributed by atoms with van der Waals surface area (Å²) >= 11 is 0. The van der Waals surface area contributed by atoms with Gasteiger partial charge >= 0.3 is 11.9 Å². The van der Waals surface area contributed by atoms with Gasteiger partial charge in [-0.05, 0) is 51.1 Å².